The zero-order valence-corrected chi connectivity index (χ0v) is 14.0. The number of anilines is 1. The van der Waals surface area contributed by atoms with Gasteiger partial charge in [-0.1, -0.05) is 24.3 Å². The Hall–Kier alpha value is -2.51. The van der Waals surface area contributed by atoms with E-state index in [4.69, 9.17) is 10.5 Å². The molecule has 25 heavy (non-hydrogen) atoms. The second-order valence-electron chi connectivity index (χ2n) is 7.34. The van der Waals surface area contributed by atoms with E-state index < -0.39 is 5.60 Å². The van der Waals surface area contributed by atoms with Crippen molar-refractivity contribution in [2.24, 2.45) is 0 Å². The molecule has 2 saturated heterocycles. The van der Waals surface area contributed by atoms with Crippen molar-refractivity contribution in [1.29, 1.82) is 0 Å². The van der Waals surface area contributed by atoms with Gasteiger partial charge in [0.1, 0.15) is 0 Å². The Kier molecular flexibility index (Phi) is 3.10. The Labute approximate surface area is 147 Å². The van der Waals surface area contributed by atoms with Gasteiger partial charge in [-0.05, 0) is 43.7 Å². The Morgan fingerprint density at radius 2 is 2.04 bits per heavy atom. The molecule has 2 fully saturated rings. The molecule has 126 valence electrons. The van der Waals surface area contributed by atoms with E-state index in [0.29, 0.717) is 12.1 Å². The number of hydrogen-bond donors (Lipinski definition) is 1. The minimum absolute atomic E-state index is 0.219. The van der Waals surface area contributed by atoms with Gasteiger partial charge in [0.05, 0.1) is 6.04 Å². The topological polar surface area (TPSA) is 55.6 Å². The maximum Gasteiger partial charge on any atom is 0.332 e. The zero-order valence-electron chi connectivity index (χ0n) is 14.0. The molecule has 4 nitrogen and oxygen atoms in total. The number of hydrogen-bond acceptors (Lipinski definition) is 4. The summed E-state index contributed by atoms with van der Waals surface area (Å²) in [6.07, 6.45) is 8.29. The normalized spacial score (nSPS) is 32.7. The number of nitrogen functional groups attached to an aromatic ring is 1. The minimum Gasteiger partial charge on any atom is -0.449 e. The first-order valence-corrected chi connectivity index (χ1v) is 8.96. The molecule has 3 heterocycles. The van der Waals surface area contributed by atoms with Gasteiger partial charge >= 0.3 is 5.97 Å². The van der Waals surface area contributed by atoms with Gasteiger partial charge in [-0.15, -0.1) is 0 Å². The van der Waals surface area contributed by atoms with E-state index in [9.17, 15) is 4.79 Å². The largest absolute Gasteiger partial charge is 0.449 e. The molecular weight excluding hydrogens is 312 g/mol. The molecule has 1 aromatic carbocycles. The number of piperidine rings is 1. The van der Waals surface area contributed by atoms with Gasteiger partial charge < -0.3 is 10.5 Å². The van der Waals surface area contributed by atoms with Crippen LogP contribution in [0.3, 0.4) is 0 Å². The summed E-state index contributed by atoms with van der Waals surface area (Å²) in [7, 11) is 0. The molecular formula is C21H20N2O2. The first kappa shape index (κ1) is 14.8. The second kappa shape index (κ2) is 5.24. The summed E-state index contributed by atoms with van der Waals surface area (Å²) in [4.78, 5) is 14.6. The van der Waals surface area contributed by atoms with E-state index in [-0.39, 0.29) is 5.97 Å². The Balaban J connectivity index is 1.56. The minimum atomic E-state index is -0.470. The molecule has 1 aliphatic carbocycles. The van der Waals surface area contributed by atoms with Crippen LogP contribution in [0, 0.1) is 11.8 Å². The maximum absolute atomic E-state index is 12.1. The van der Waals surface area contributed by atoms with Crippen molar-refractivity contribution < 1.29 is 9.53 Å². The predicted molar refractivity (Wildman–Crippen MR) is 95.5 cm³/mol. The number of nitrogens with zero attached hydrogens (tertiary/aromatic N) is 1. The molecule has 3 aliphatic heterocycles. The highest BCUT2D eigenvalue weighted by Crippen LogP contribution is 2.53. The molecule has 0 saturated carbocycles. The average molecular weight is 332 g/mol. The fourth-order valence-corrected chi connectivity index (χ4v) is 4.88. The molecule has 4 aliphatic rings. The summed E-state index contributed by atoms with van der Waals surface area (Å²) < 4.78 is 5.91. The third-order valence-electron chi connectivity index (χ3n) is 5.92. The lowest BCUT2D eigenvalue weighted by atomic mass is 9.77. The van der Waals surface area contributed by atoms with Crippen LogP contribution in [0.1, 0.15) is 31.2 Å². The molecule has 1 aromatic rings. The lowest BCUT2D eigenvalue weighted by Gasteiger charge is -2.38. The van der Waals surface area contributed by atoms with Gasteiger partial charge in [-0.25, -0.2) is 4.79 Å². The van der Waals surface area contributed by atoms with Crippen molar-refractivity contribution in [3.63, 3.8) is 0 Å². The van der Waals surface area contributed by atoms with Crippen LogP contribution in [0.4, 0.5) is 5.69 Å². The SMILES string of the molecule is Nc1ccc(C#CC2=CC3CC4(OC(=O)C=C24)C2CCCCN32)cc1. The van der Waals surface area contributed by atoms with Crippen molar-refractivity contribution in [3.8, 4) is 11.8 Å². The first-order valence-electron chi connectivity index (χ1n) is 8.96. The smallest absolute Gasteiger partial charge is 0.332 e. The molecule has 3 unspecified atom stereocenters. The molecule has 3 atom stereocenters. The molecule has 4 heteroatoms. The van der Waals surface area contributed by atoms with Crippen LogP contribution in [-0.4, -0.2) is 35.1 Å². The van der Waals surface area contributed by atoms with Gasteiger partial charge in [-0.3, -0.25) is 4.90 Å². The average Bonchev–Trinajstić information content (AvgIpc) is 3.10. The molecule has 0 amide bonds. The summed E-state index contributed by atoms with van der Waals surface area (Å²) in [5.74, 6) is 6.29. The van der Waals surface area contributed by atoms with Crippen LogP contribution in [0.15, 0.2) is 47.6 Å². The number of benzene rings is 1. The number of rotatable bonds is 0. The van der Waals surface area contributed by atoms with Crippen LogP contribution in [0.25, 0.3) is 0 Å². The van der Waals surface area contributed by atoms with Gasteiger partial charge in [-0.2, -0.15) is 0 Å². The van der Waals surface area contributed by atoms with Crippen molar-refractivity contribution in [2.75, 3.05) is 12.3 Å². The highest BCUT2D eigenvalue weighted by Gasteiger charge is 2.61. The third kappa shape index (κ3) is 2.16. The van der Waals surface area contributed by atoms with Gasteiger partial charge in [0, 0.05) is 40.9 Å². The number of fused-ring (bicyclic) bond motifs is 3. The van der Waals surface area contributed by atoms with Crippen molar-refractivity contribution in [3.05, 3.63) is 53.1 Å². The van der Waals surface area contributed by atoms with Gasteiger partial charge in [0.2, 0.25) is 0 Å². The Bertz CT molecular complexity index is 871. The first-order chi connectivity index (χ1) is 12.2. The van der Waals surface area contributed by atoms with E-state index in [1.54, 1.807) is 6.08 Å². The Morgan fingerprint density at radius 3 is 2.88 bits per heavy atom. The number of esters is 1. The summed E-state index contributed by atoms with van der Waals surface area (Å²) in [5, 5.41) is 0. The Morgan fingerprint density at radius 1 is 1.20 bits per heavy atom. The molecule has 2 bridgehead atoms. The van der Waals surface area contributed by atoms with E-state index in [2.05, 4.69) is 22.8 Å². The monoisotopic (exact) mass is 332 g/mol. The molecule has 2 N–H and O–H groups in total. The quantitative estimate of drug-likeness (QED) is 0.450. The number of ether oxygens (including phenoxy) is 1. The van der Waals surface area contributed by atoms with Crippen molar-refractivity contribution in [2.45, 2.75) is 43.4 Å². The molecule has 5 rings (SSSR count). The fraction of sp³-hybridized carbons (Fsp3) is 0.381. The van der Waals surface area contributed by atoms with Crippen LogP contribution in [0.5, 0.6) is 0 Å². The van der Waals surface area contributed by atoms with Crippen LogP contribution in [0.2, 0.25) is 0 Å². The zero-order chi connectivity index (χ0) is 17.0. The van der Waals surface area contributed by atoms with Crippen molar-refractivity contribution >= 4 is 11.7 Å². The third-order valence-corrected chi connectivity index (χ3v) is 5.92. The van der Waals surface area contributed by atoms with Gasteiger partial charge in [0.25, 0.3) is 0 Å². The van der Waals surface area contributed by atoms with E-state index >= 15 is 0 Å². The highest BCUT2D eigenvalue weighted by molar-refractivity contribution is 5.90. The summed E-state index contributed by atoms with van der Waals surface area (Å²) in [6.45, 7) is 1.08. The van der Waals surface area contributed by atoms with E-state index in [0.717, 1.165) is 41.8 Å². The van der Waals surface area contributed by atoms with Crippen LogP contribution < -0.4 is 5.73 Å². The molecule has 0 radical (unpaired) electrons. The predicted octanol–water partition coefficient (Wildman–Crippen LogP) is 2.41. The molecule has 0 aromatic heterocycles. The lowest BCUT2D eigenvalue weighted by Crippen LogP contribution is -2.48. The number of nitrogens with two attached hydrogens (primary N) is 1. The van der Waals surface area contributed by atoms with E-state index in [1.165, 1.54) is 12.8 Å². The van der Waals surface area contributed by atoms with E-state index in [1.807, 2.05) is 24.3 Å². The number of carbonyl (C=O) groups excluding carboxylic acids is 1. The second-order valence-corrected chi connectivity index (χ2v) is 7.34. The lowest BCUT2D eigenvalue weighted by molar-refractivity contribution is -0.148. The maximum atomic E-state index is 12.1. The highest BCUT2D eigenvalue weighted by atomic mass is 16.6. The fourth-order valence-electron chi connectivity index (χ4n) is 4.88. The number of carbonyl (C=O) groups is 1. The summed E-state index contributed by atoms with van der Waals surface area (Å²) in [6, 6.07) is 8.17. The summed E-state index contributed by atoms with van der Waals surface area (Å²) >= 11 is 0. The van der Waals surface area contributed by atoms with Gasteiger partial charge in [0.15, 0.2) is 5.60 Å². The van der Waals surface area contributed by atoms with Crippen molar-refractivity contribution in [1.82, 2.24) is 4.90 Å². The molecule has 1 spiro atoms. The standard InChI is InChI=1S/C21H20N2O2/c22-16-8-5-14(6-9-16)4-7-15-11-17-13-21(18(15)12-20(24)25-21)19-3-1-2-10-23(17)19/h5-6,8-9,11-12,17,19H,1-3,10,13,22H2. The van der Waals surface area contributed by atoms with Crippen LogP contribution in [-0.2, 0) is 9.53 Å². The summed E-state index contributed by atoms with van der Waals surface area (Å²) in [5.41, 5.74) is 8.86. The van der Waals surface area contributed by atoms with Crippen LogP contribution >= 0.6 is 0 Å².